The number of anilines is 2. The fourth-order valence-corrected chi connectivity index (χ4v) is 6.55. The van der Waals surface area contributed by atoms with Crippen molar-refractivity contribution < 1.29 is 14.4 Å². The maximum atomic E-state index is 13.6. The highest BCUT2D eigenvalue weighted by molar-refractivity contribution is 8.00. The predicted octanol–water partition coefficient (Wildman–Crippen LogP) is 9.51. The Hall–Kier alpha value is -4.70. The van der Waals surface area contributed by atoms with Crippen molar-refractivity contribution in [1.82, 2.24) is 10.3 Å². The minimum atomic E-state index is -0.473. The number of amides is 3. The fraction of sp³-hybridized carbons (Fsp3) is 0.158. The molecule has 0 aliphatic rings. The van der Waals surface area contributed by atoms with Crippen LogP contribution in [-0.2, 0) is 9.59 Å². The molecule has 3 amide bonds. The standard InChI is InChI=1S/C38H35ClN4O3S2/c1-4-34(37(46)43-38-42-33(23-47-38)27-17-19-29(39)20-18-27)48-31-12-8-11-30(22-31)40-36(45)32(41-35(44)28-9-6-5-7-10-28)21-25-13-15-26(16-14-25)24(2)3/h5-24,34H,4H2,1-3H3,(H,40,45)(H,41,44)(H,42,43,46)/b32-21+. The van der Waals surface area contributed by atoms with Crippen LogP contribution in [-0.4, -0.2) is 28.0 Å². The van der Waals surface area contributed by atoms with Gasteiger partial charge in [0.25, 0.3) is 11.8 Å². The first-order valence-corrected chi connectivity index (χ1v) is 17.6. The van der Waals surface area contributed by atoms with E-state index < -0.39 is 17.1 Å². The molecule has 48 heavy (non-hydrogen) atoms. The van der Waals surface area contributed by atoms with E-state index in [0.717, 1.165) is 21.7 Å². The Kier molecular flexibility index (Phi) is 11.8. The van der Waals surface area contributed by atoms with Crippen LogP contribution >= 0.6 is 34.7 Å². The number of hydrogen-bond acceptors (Lipinski definition) is 6. The van der Waals surface area contributed by atoms with E-state index in [4.69, 9.17) is 11.6 Å². The van der Waals surface area contributed by atoms with Crippen LogP contribution in [0.2, 0.25) is 5.02 Å². The number of aromatic nitrogens is 1. The minimum Gasteiger partial charge on any atom is -0.321 e. The lowest BCUT2D eigenvalue weighted by Gasteiger charge is -2.15. The number of benzene rings is 4. The quantitative estimate of drug-likeness (QED) is 0.0892. The summed E-state index contributed by atoms with van der Waals surface area (Å²) in [5, 5.41) is 11.3. The lowest BCUT2D eigenvalue weighted by Crippen LogP contribution is -2.30. The van der Waals surface area contributed by atoms with Crippen molar-refractivity contribution in [3.63, 3.8) is 0 Å². The lowest BCUT2D eigenvalue weighted by atomic mass is 10.0. The number of carbonyl (C=O) groups is 3. The lowest BCUT2D eigenvalue weighted by molar-refractivity contribution is -0.116. The minimum absolute atomic E-state index is 0.103. The average Bonchev–Trinajstić information content (AvgIpc) is 3.56. The second kappa shape index (κ2) is 16.4. The second-order valence-electron chi connectivity index (χ2n) is 11.2. The Bertz CT molecular complexity index is 1910. The van der Waals surface area contributed by atoms with Gasteiger partial charge in [0.2, 0.25) is 5.91 Å². The normalized spacial score (nSPS) is 12.0. The third kappa shape index (κ3) is 9.44. The molecule has 0 radical (unpaired) electrons. The number of thioether (sulfide) groups is 1. The van der Waals surface area contributed by atoms with Gasteiger partial charge in [-0.3, -0.25) is 14.4 Å². The molecule has 1 aromatic heterocycles. The molecule has 0 fully saturated rings. The highest BCUT2D eigenvalue weighted by Crippen LogP contribution is 2.30. The summed E-state index contributed by atoms with van der Waals surface area (Å²) in [6.45, 7) is 6.18. The van der Waals surface area contributed by atoms with Crippen LogP contribution < -0.4 is 16.0 Å². The summed E-state index contributed by atoms with van der Waals surface area (Å²) in [4.78, 5) is 45.3. The predicted molar refractivity (Wildman–Crippen MR) is 199 cm³/mol. The molecule has 0 aliphatic heterocycles. The zero-order chi connectivity index (χ0) is 34.0. The average molecular weight is 695 g/mol. The van der Waals surface area contributed by atoms with E-state index in [9.17, 15) is 14.4 Å². The molecule has 0 saturated heterocycles. The maximum absolute atomic E-state index is 13.6. The number of nitrogens with zero attached hydrogens (tertiary/aromatic N) is 1. The van der Waals surface area contributed by atoms with E-state index in [-0.39, 0.29) is 11.6 Å². The Labute approximate surface area is 293 Å². The van der Waals surface area contributed by atoms with E-state index in [1.165, 1.54) is 28.7 Å². The summed E-state index contributed by atoms with van der Waals surface area (Å²) >= 11 is 8.76. The van der Waals surface area contributed by atoms with Crippen molar-refractivity contribution in [1.29, 1.82) is 0 Å². The molecule has 244 valence electrons. The Morgan fingerprint density at radius 1 is 0.896 bits per heavy atom. The summed E-state index contributed by atoms with van der Waals surface area (Å²) in [7, 11) is 0. The monoisotopic (exact) mass is 694 g/mol. The fourth-order valence-electron chi connectivity index (χ4n) is 4.69. The SMILES string of the molecule is CCC(Sc1cccc(NC(=O)/C(=C\c2ccc(C(C)C)cc2)NC(=O)c2ccccc2)c1)C(=O)Nc1nc(-c2ccc(Cl)cc2)cs1. The molecule has 10 heteroatoms. The number of nitrogens with one attached hydrogen (secondary N) is 3. The van der Waals surface area contributed by atoms with E-state index >= 15 is 0 Å². The van der Waals surface area contributed by atoms with Gasteiger partial charge < -0.3 is 16.0 Å². The molecule has 3 N–H and O–H groups in total. The van der Waals surface area contributed by atoms with Crippen LogP contribution in [0.15, 0.2) is 119 Å². The topological polar surface area (TPSA) is 100 Å². The van der Waals surface area contributed by atoms with Gasteiger partial charge in [0.05, 0.1) is 10.9 Å². The highest BCUT2D eigenvalue weighted by atomic mass is 35.5. The summed E-state index contributed by atoms with van der Waals surface area (Å²) in [5.74, 6) is -0.657. The smallest absolute Gasteiger partial charge is 0.272 e. The molecule has 1 atom stereocenters. The Balaban J connectivity index is 1.28. The number of halogens is 1. The zero-order valence-electron chi connectivity index (χ0n) is 26.7. The third-order valence-electron chi connectivity index (χ3n) is 7.35. The van der Waals surface area contributed by atoms with Gasteiger partial charge in [0, 0.05) is 32.1 Å². The van der Waals surface area contributed by atoms with Crippen molar-refractivity contribution >= 4 is 69.3 Å². The summed E-state index contributed by atoms with van der Waals surface area (Å²) in [5.41, 5.74) is 4.70. The van der Waals surface area contributed by atoms with Crippen molar-refractivity contribution in [2.75, 3.05) is 10.6 Å². The van der Waals surface area contributed by atoms with Gasteiger partial charge in [0.15, 0.2) is 5.13 Å². The molecule has 5 rings (SSSR count). The molecule has 7 nitrogen and oxygen atoms in total. The first kappa shape index (κ1) is 34.6. The largest absolute Gasteiger partial charge is 0.321 e. The van der Waals surface area contributed by atoms with Crippen molar-refractivity contribution in [3.05, 3.63) is 136 Å². The highest BCUT2D eigenvalue weighted by Gasteiger charge is 2.21. The second-order valence-corrected chi connectivity index (χ2v) is 13.8. The molecule has 0 saturated carbocycles. The molecular formula is C38H35ClN4O3S2. The van der Waals surface area contributed by atoms with Gasteiger partial charge in [-0.2, -0.15) is 0 Å². The molecular weight excluding hydrogens is 660 g/mol. The first-order chi connectivity index (χ1) is 23.2. The maximum Gasteiger partial charge on any atom is 0.272 e. The van der Waals surface area contributed by atoms with Crippen molar-refractivity contribution in [2.24, 2.45) is 0 Å². The van der Waals surface area contributed by atoms with Gasteiger partial charge >= 0.3 is 0 Å². The van der Waals surface area contributed by atoms with E-state index in [1.54, 1.807) is 48.5 Å². The Morgan fingerprint density at radius 3 is 2.31 bits per heavy atom. The molecule has 1 unspecified atom stereocenters. The first-order valence-electron chi connectivity index (χ1n) is 15.5. The van der Waals surface area contributed by atoms with Crippen molar-refractivity contribution in [3.8, 4) is 11.3 Å². The van der Waals surface area contributed by atoms with E-state index in [0.29, 0.717) is 33.7 Å². The molecule has 0 aliphatic carbocycles. The van der Waals surface area contributed by atoms with Crippen LogP contribution in [0.1, 0.15) is 54.6 Å². The van der Waals surface area contributed by atoms with E-state index in [2.05, 4.69) is 34.8 Å². The van der Waals surface area contributed by atoms with Gasteiger partial charge in [-0.05, 0) is 72.0 Å². The molecule has 1 heterocycles. The van der Waals surface area contributed by atoms with Crippen LogP contribution in [0, 0.1) is 0 Å². The van der Waals surface area contributed by atoms with Crippen LogP contribution in [0.4, 0.5) is 10.8 Å². The van der Waals surface area contributed by atoms with Gasteiger partial charge in [0.1, 0.15) is 5.70 Å². The van der Waals surface area contributed by atoms with Crippen LogP contribution in [0.3, 0.4) is 0 Å². The zero-order valence-corrected chi connectivity index (χ0v) is 29.1. The molecule has 0 bridgehead atoms. The van der Waals surface area contributed by atoms with Gasteiger partial charge in [-0.25, -0.2) is 4.98 Å². The van der Waals surface area contributed by atoms with E-state index in [1.807, 2.05) is 73.0 Å². The third-order valence-corrected chi connectivity index (χ3v) is 9.72. The Morgan fingerprint density at radius 2 is 1.62 bits per heavy atom. The number of hydrogen-bond donors (Lipinski definition) is 3. The molecule has 4 aromatic carbocycles. The number of thiazole rings is 1. The van der Waals surface area contributed by atoms with Crippen LogP contribution in [0.5, 0.6) is 0 Å². The van der Waals surface area contributed by atoms with Crippen molar-refractivity contribution in [2.45, 2.75) is 43.3 Å². The number of rotatable bonds is 12. The summed E-state index contributed by atoms with van der Waals surface area (Å²) in [6.07, 6.45) is 2.24. The summed E-state index contributed by atoms with van der Waals surface area (Å²) in [6, 6.07) is 31.3. The van der Waals surface area contributed by atoms with Crippen LogP contribution in [0.25, 0.3) is 17.3 Å². The van der Waals surface area contributed by atoms with Gasteiger partial charge in [-0.15, -0.1) is 23.1 Å². The number of carbonyl (C=O) groups excluding carboxylic acids is 3. The van der Waals surface area contributed by atoms with Gasteiger partial charge in [-0.1, -0.05) is 93.0 Å². The summed E-state index contributed by atoms with van der Waals surface area (Å²) < 4.78 is 0. The molecule has 5 aromatic rings. The molecule has 0 spiro atoms.